The molecule has 0 unspecified atom stereocenters. The lowest BCUT2D eigenvalue weighted by Crippen LogP contribution is -2.38. The summed E-state index contributed by atoms with van der Waals surface area (Å²) in [5.41, 5.74) is 0.935. The Kier molecular flexibility index (Phi) is 6.03. The number of alkyl halides is 1. The van der Waals surface area contributed by atoms with Gasteiger partial charge in [-0.25, -0.2) is 0 Å². The molecule has 1 aliphatic heterocycles. The predicted molar refractivity (Wildman–Crippen MR) is 76.8 cm³/mol. The van der Waals surface area contributed by atoms with E-state index in [0.717, 1.165) is 44.2 Å². The van der Waals surface area contributed by atoms with Crippen LogP contribution in [0.25, 0.3) is 0 Å². The van der Waals surface area contributed by atoms with E-state index in [1.807, 2.05) is 24.3 Å². The zero-order chi connectivity index (χ0) is 13.3. The standard InChI is InChI=1S/C15H18ClNO2/c16-6-2-4-14-3-1-5-15(13-14)19-12-9-17-7-10-18-11-8-17/h1,3,5,13H,6-12H2. The Balaban J connectivity index is 1.78. The fourth-order valence-corrected chi connectivity index (χ4v) is 1.98. The second-order valence-corrected chi connectivity index (χ2v) is 4.53. The fourth-order valence-electron chi connectivity index (χ4n) is 1.92. The SMILES string of the molecule is ClCC#Cc1cccc(OCCN2CCOCC2)c1. The molecule has 2 rings (SSSR count). The number of nitrogens with zero attached hydrogens (tertiary/aromatic N) is 1. The van der Waals surface area contributed by atoms with Crippen LogP contribution < -0.4 is 4.74 Å². The highest BCUT2D eigenvalue weighted by Gasteiger charge is 2.09. The van der Waals surface area contributed by atoms with Crippen LogP contribution in [0.3, 0.4) is 0 Å². The molecule has 1 heterocycles. The second-order valence-electron chi connectivity index (χ2n) is 4.27. The van der Waals surface area contributed by atoms with E-state index in [1.54, 1.807) is 0 Å². The summed E-state index contributed by atoms with van der Waals surface area (Å²) in [6.45, 7) is 5.25. The third kappa shape index (κ3) is 5.12. The molecule has 0 amide bonds. The summed E-state index contributed by atoms with van der Waals surface area (Å²) in [4.78, 5) is 2.35. The van der Waals surface area contributed by atoms with Gasteiger partial charge in [0.25, 0.3) is 0 Å². The number of benzene rings is 1. The molecule has 0 N–H and O–H groups in total. The van der Waals surface area contributed by atoms with Gasteiger partial charge in [0.1, 0.15) is 12.4 Å². The number of ether oxygens (including phenoxy) is 2. The van der Waals surface area contributed by atoms with Crippen LogP contribution in [-0.2, 0) is 4.74 Å². The molecule has 1 fully saturated rings. The van der Waals surface area contributed by atoms with Crippen LogP contribution in [0.4, 0.5) is 0 Å². The van der Waals surface area contributed by atoms with Gasteiger partial charge in [-0.15, -0.1) is 11.6 Å². The Labute approximate surface area is 119 Å². The maximum atomic E-state index is 5.75. The van der Waals surface area contributed by atoms with Crippen molar-refractivity contribution in [1.82, 2.24) is 4.90 Å². The third-order valence-electron chi connectivity index (χ3n) is 2.91. The van der Waals surface area contributed by atoms with Crippen molar-refractivity contribution < 1.29 is 9.47 Å². The number of halogens is 1. The van der Waals surface area contributed by atoms with Gasteiger partial charge in [0.15, 0.2) is 0 Å². The van der Waals surface area contributed by atoms with E-state index in [0.29, 0.717) is 12.5 Å². The van der Waals surface area contributed by atoms with Crippen LogP contribution in [0.2, 0.25) is 0 Å². The van der Waals surface area contributed by atoms with Gasteiger partial charge in [0, 0.05) is 25.2 Å². The third-order valence-corrected chi connectivity index (χ3v) is 3.05. The summed E-state index contributed by atoms with van der Waals surface area (Å²) in [6.07, 6.45) is 0. The smallest absolute Gasteiger partial charge is 0.120 e. The molecule has 3 nitrogen and oxygen atoms in total. The predicted octanol–water partition coefficient (Wildman–Crippen LogP) is 1.99. The van der Waals surface area contributed by atoms with E-state index in [2.05, 4.69) is 16.7 Å². The summed E-state index contributed by atoms with van der Waals surface area (Å²) in [7, 11) is 0. The maximum Gasteiger partial charge on any atom is 0.120 e. The lowest BCUT2D eigenvalue weighted by atomic mass is 10.2. The molecule has 102 valence electrons. The van der Waals surface area contributed by atoms with Gasteiger partial charge in [-0.3, -0.25) is 4.90 Å². The van der Waals surface area contributed by atoms with Crippen molar-refractivity contribution in [2.75, 3.05) is 45.3 Å². The summed E-state index contributed by atoms with van der Waals surface area (Å²) >= 11 is 5.54. The monoisotopic (exact) mass is 279 g/mol. The zero-order valence-electron chi connectivity index (χ0n) is 10.9. The molecule has 1 aromatic carbocycles. The highest BCUT2D eigenvalue weighted by atomic mass is 35.5. The van der Waals surface area contributed by atoms with Crippen LogP contribution in [0, 0.1) is 11.8 Å². The number of hydrogen-bond donors (Lipinski definition) is 0. The zero-order valence-corrected chi connectivity index (χ0v) is 11.7. The number of rotatable bonds is 4. The summed E-state index contributed by atoms with van der Waals surface area (Å²) in [6, 6.07) is 7.79. The average Bonchev–Trinajstić information content (AvgIpc) is 2.47. The van der Waals surface area contributed by atoms with E-state index in [9.17, 15) is 0 Å². The van der Waals surface area contributed by atoms with Crippen LogP contribution in [-0.4, -0.2) is 50.2 Å². The molecule has 1 aliphatic rings. The quantitative estimate of drug-likeness (QED) is 0.621. The van der Waals surface area contributed by atoms with Crippen LogP contribution in [0.1, 0.15) is 5.56 Å². The lowest BCUT2D eigenvalue weighted by molar-refractivity contribution is 0.0322. The minimum absolute atomic E-state index is 0.349. The van der Waals surface area contributed by atoms with Gasteiger partial charge in [0.05, 0.1) is 19.1 Å². The van der Waals surface area contributed by atoms with Crippen molar-refractivity contribution in [2.24, 2.45) is 0 Å². The van der Waals surface area contributed by atoms with Gasteiger partial charge in [0.2, 0.25) is 0 Å². The average molecular weight is 280 g/mol. The second kappa shape index (κ2) is 8.06. The first kappa shape index (κ1) is 14.2. The minimum atomic E-state index is 0.349. The van der Waals surface area contributed by atoms with Gasteiger partial charge >= 0.3 is 0 Å². The summed E-state index contributed by atoms with van der Waals surface area (Å²) in [5, 5.41) is 0. The number of hydrogen-bond acceptors (Lipinski definition) is 3. The molecule has 0 radical (unpaired) electrons. The van der Waals surface area contributed by atoms with Crippen molar-refractivity contribution >= 4 is 11.6 Å². The van der Waals surface area contributed by atoms with Crippen molar-refractivity contribution in [1.29, 1.82) is 0 Å². The molecule has 1 aromatic rings. The Morgan fingerprint density at radius 2 is 2.16 bits per heavy atom. The van der Waals surface area contributed by atoms with Gasteiger partial charge in [-0.1, -0.05) is 17.9 Å². The van der Waals surface area contributed by atoms with Gasteiger partial charge in [-0.2, -0.15) is 0 Å². The van der Waals surface area contributed by atoms with Crippen molar-refractivity contribution in [3.8, 4) is 17.6 Å². The lowest BCUT2D eigenvalue weighted by Gasteiger charge is -2.26. The first-order valence-corrected chi connectivity index (χ1v) is 7.00. The summed E-state index contributed by atoms with van der Waals surface area (Å²) < 4.78 is 11.1. The highest BCUT2D eigenvalue weighted by Crippen LogP contribution is 2.12. The van der Waals surface area contributed by atoms with Gasteiger partial charge < -0.3 is 9.47 Å². The first-order valence-electron chi connectivity index (χ1n) is 6.46. The normalized spacial score (nSPS) is 15.6. The molecule has 0 atom stereocenters. The van der Waals surface area contributed by atoms with E-state index >= 15 is 0 Å². The highest BCUT2D eigenvalue weighted by molar-refractivity contribution is 6.19. The Morgan fingerprint density at radius 1 is 1.32 bits per heavy atom. The molecule has 0 bridgehead atoms. The maximum absolute atomic E-state index is 5.75. The largest absolute Gasteiger partial charge is 0.492 e. The molecule has 0 saturated carbocycles. The van der Waals surface area contributed by atoms with Crippen LogP contribution in [0.5, 0.6) is 5.75 Å². The van der Waals surface area contributed by atoms with Crippen molar-refractivity contribution in [2.45, 2.75) is 0 Å². The Hall–Kier alpha value is -1.21. The van der Waals surface area contributed by atoms with Crippen LogP contribution in [0.15, 0.2) is 24.3 Å². The molecular weight excluding hydrogens is 262 g/mol. The van der Waals surface area contributed by atoms with E-state index in [1.165, 1.54) is 0 Å². The van der Waals surface area contributed by atoms with Crippen molar-refractivity contribution in [3.63, 3.8) is 0 Å². The molecule has 0 aliphatic carbocycles. The van der Waals surface area contributed by atoms with E-state index in [-0.39, 0.29) is 0 Å². The molecule has 0 spiro atoms. The minimum Gasteiger partial charge on any atom is -0.492 e. The summed E-state index contributed by atoms with van der Waals surface area (Å²) in [5.74, 6) is 7.03. The molecule has 1 saturated heterocycles. The molecule has 4 heteroatoms. The molecular formula is C15H18ClNO2. The fraction of sp³-hybridized carbons (Fsp3) is 0.467. The first-order chi connectivity index (χ1) is 9.38. The molecule has 19 heavy (non-hydrogen) atoms. The van der Waals surface area contributed by atoms with Crippen molar-refractivity contribution in [3.05, 3.63) is 29.8 Å². The van der Waals surface area contributed by atoms with Gasteiger partial charge in [-0.05, 0) is 18.2 Å². The van der Waals surface area contributed by atoms with Crippen LogP contribution >= 0.6 is 11.6 Å². The van der Waals surface area contributed by atoms with E-state index in [4.69, 9.17) is 21.1 Å². The Bertz CT molecular complexity index is 447. The Morgan fingerprint density at radius 3 is 2.95 bits per heavy atom. The number of morpholine rings is 1. The van der Waals surface area contributed by atoms with E-state index < -0.39 is 0 Å². The topological polar surface area (TPSA) is 21.7 Å². The molecule has 0 aromatic heterocycles.